The Morgan fingerprint density at radius 3 is 0.894 bits per heavy atom. The Morgan fingerprint density at radius 1 is 0.362 bits per heavy atom. The van der Waals surface area contributed by atoms with Crippen LogP contribution in [-0.2, 0) is 20.8 Å². The molecule has 0 spiro atoms. The van der Waals surface area contributed by atoms with Gasteiger partial charge in [0.2, 0.25) is 0 Å². The Bertz CT molecular complexity index is 1790. The Morgan fingerprint density at radius 2 is 0.617 bits per heavy atom. The van der Waals surface area contributed by atoms with Crippen LogP contribution in [0.4, 0.5) is 0 Å². The maximum absolute atomic E-state index is 4.93. The molecule has 0 unspecified atom stereocenters. The Balaban J connectivity index is 0.000000152. The molecule has 0 aliphatic heterocycles. The van der Waals surface area contributed by atoms with Gasteiger partial charge in [-0.3, -0.25) is 0 Å². The van der Waals surface area contributed by atoms with Gasteiger partial charge in [-0.05, 0) is 37.1 Å². The average Bonchev–Trinajstić information content (AvgIpc) is 3.75. The van der Waals surface area contributed by atoms with Crippen LogP contribution in [0.25, 0.3) is 21.5 Å². The van der Waals surface area contributed by atoms with Crippen LogP contribution in [-0.4, -0.2) is 0 Å². The van der Waals surface area contributed by atoms with E-state index in [4.69, 9.17) is 17.0 Å². The first-order valence-electron chi connectivity index (χ1n) is 15.3. The second-order valence-electron chi connectivity index (χ2n) is 10.8. The number of fused-ring (bicyclic) bond motifs is 2. The third-order valence-electron chi connectivity index (χ3n) is 7.78. The predicted molar refractivity (Wildman–Crippen MR) is 208 cm³/mol. The van der Waals surface area contributed by atoms with Gasteiger partial charge in [0.1, 0.15) is 0 Å². The minimum atomic E-state index is -0.826. The molecule has 0 aliphatic carbocycles. The zero-order valence-electron chi connectivity index (χ0n) is 25.6. The Hall–Kier alpha value is -3.14. The summed E-state index contributed by atoms with van der Waals surface area (Å²) in [7, 11) is 8.88. The molecule has 0 aromatic heterocycles. The fraction of sp³-hybridized carbons (Fsp3) is 0. The molecule has 8 rings (SSSR count). The first-order chi connectivity index (χ1) is 23.2. The van der Waals surface area contributed by atoms with E-state index in [2.05, 4.69) is 194 Å². The summed E-state index contributed by atoms with van der Waals surface area (Å²) in [6.45, 7) is 0. The Labute approximate surface area is 298 Å². The fourth-order valence-corrected chi connectivity index (χ4v) is 10.5. The normalized spacial score (nSPS) is 10.6. The van der Waals surface area contributed by atoms with Gasteiger partial charge >= 0.3 is 37.9 Å². The molecule has 8 aromatic rings. The van der Waals surface area contributed by atoms with Crippen LogP contribution in [0.15, 0.2) is 194 Å². The molecule has 0 saturated carbocycles. The van der Waals surface area contributed by atoms with Crippen LogP contribution in [0.1, 0.15) is 0 Å². The zero-order chi connectivity index (χ0) is 32.3. The topological polar surface area (TPSA) is 0 Å². The molecule has 0 saturated heterocycles. The Kier molecular flexibility index (Phi) is 12.4. The van der Waals surface area contributed by atoms with E-state index in [1.807, 2.05) is 0 Å². The van der Waals surface area contributed by atoms with E-state index in [0.717, 1.165) is 0 Å². The minimum Gasteiger partial charge on any atom is -0.160 e. The molecule has 0 heterocycles. The van der Waals surface area contributed by atoms with Crippen molar-refractivity contribution in [1.82, 2.24) is 0 Å². The maximum Gasteiger partial charge on any atom is -0.0166 e. The number of rotatable bonds is 6. The average molecular weight is 761 g/mol. The molecule has 0 bridgehead atoms. The van der Waals surface area contributed by atoms with E-state index in [-0.39, 0.29) is 0 Å². The second kappa shape index (κ2) is 17.3. The van der Waals surface area contributed by atoms with E-state index < -0.39 is 36.7 Å². The molecule has 228 valence electrons. The molecular weight excluding hydrogens is 729 g/mol. The SMILES string of the molecule is [Cl][Zr+2][Cl].c1ccc(P(c2ccccc2)c2cc3ccccc3[cH-]2)cc1.c1ccc(P(c2ccccc2)c2cc3ccccc3[cH-]2)cc1. The second-order valence-corrected chi connectivity index (χ2v) is 18.9. The summed E-state index contributed by atoms with van der Waals surface area (Å²) in [5.41, 5.74) is 0. The molecule has 0 nitrogen and oxygen atoms in total. The standard InChI is InChI=1S/2C21H16P.2ClH.Zr/c2*1-3-11-19(12-4-1)22(20-13-5-2-6-14-20)21-15-17-9-7-8-10-18(17)16-21;;;/h2*1-16H;2*1H;/q2*-1;;;+4/p-2. The summed E-state index contributed by atoms with van der Waals surface area (Å²) in [6, 6.07) is 70.0. The van der Waals surface area contributed by atoms with Crippen molar-refractivity contribution in [2.24, 2.45) is 0 Å². The summed E-state index contributed by atoms with van der Waals surface area (Å²) in [4.78, 5) is 0. The molecule has 47 heavy (non-hydrogen) atoms. The molecule has 0 radical (unpaired) electrons. The van der Waals surface area contributed by atoms with Crippen LogP contribution >= 0.6 is 32.9 Å². The van der Waals surface area contributed by atoms with Gasteiger partial charge in [-0.2, -0.15) is 12.1 Å². The smallest absolute Gasteiger partial charge is 0.0166 e. The number of halogens is 2. The van der Waals surface area contributed by atoms with Gasteiger partial charge in [0.05, 0.1) is 0 Å². The summed E-state index contributed by atoms with van der Waals surface area (Å²) in [6.07, 6.45) is 0. The quantitative estimate of drug-likeness (QED) is 0.117. The molecular formula is C42H32Cl2P2Zr. The maximum atomic E-state index is 4.93. The van der Waals surface area contributed by atoms with E-state index in [1.165, 1.54) is 53.4 Å². The van der Waals surface area contributed by atoms with Crippen LogP contribution in [0.3, 0.4) is 0 Å². The van der Waals surface area contributed by atoms with Crippen molar-refractivity contribution in [2.45, 2.75) is 0 Å². The van der Waals surface area contributed by atoms with Gasteiger partial charge in [-0.25, -0.2) is 0 Å². The molecule has 0 aliphatic rings. The van der Waals surface area contributed by atoms with Crippen molar-refractivity contribution in [3.05, 3.63) is 194 Å². The molecule has 0 amide bonds. The largest absolute Gasteiger partial charge is 0.160 e. The van der Waals surface area contributed by atoms with E-state index in [9.17, 15) is 0 Å². The van der Waals surface area contributed by atoms with Gasteiger partial charge in [-0.15, -0.1) is 80.7 Å². The number of hydrogen-bond donors (Lipinski definition) is 0. The van der Waals surface area contributed by atoms with E-state index >= 15 is 0 Å². The van der Waals surface area contributed by atoms with Gasteiger partial charge in [0.15, 0.2) is 0 Å². The van der Waals surface area contributed by atoms with Crippen molar-refractivity contribution in [1.29, 1.82) is 0 Å². The van der Waals surface area contributed by atoms with E-state index in [1.54, 1.807) is 0 Å². The molecule has 0 fully saturated rings. The summed E-state index contributed by atoms with van der Waals surface area (Å²) < 4.78 is 0. The minimum absolute atomic E-state index is 0.493. The zero-order valence-corrected chi connectivity index (χ0v) is 31.4. The summed E-state index contributed by atoms with van der Waals surface area (Å²) in [5, 5.41) is 13.8. The first-order valence-corrected chi connectivity index (χ1v) is 24.3. The molecule has 5 heteroatoms. The molecule has 0 atom stereocenters. The van der Waals surface area contributed by atoms with Gasteiger partial charge in [-0.1, -0.05) is 133 Å². The number of hydrogen-bond acceptors (Lipinski definition) is 0. The fourth-order valence-electron chi connectivity index (χ4n) is 5.73. The van der Waals surface area contributed by atoms with Crippen molar-refractivity contribution in [3.63, 3.8) is 0 Å². The summed E-state index contributed by atoms with van der Waals surface area (Å²) >= 11 is -0.826. The first kappa shape index (κ1) is 33.8. The van der Waals surface area contributed by atoms with Crippen molar-refractivity contribution in [3.8, 4) is 0 Å². The monoisotopic (exact) mass is 758 g/mol. The van der Waals surface area contributed by atoms with E-state index in [0.29, 0.717) is 0 Å². The predicted octanol–water partition coefficient (Wildman–Crippen LogP) is 10.0. The van der Waals surface area contributed by atoms with Crippen LogP contribution in [0.2, 0.25) is 0 Å². The summed E-state index contributed by atoms with van der Waals surface area (Å²) in [5.74, 6) is 0. The van der Waals surface area contributed by atoms with Gasteiger partial charge < -0.3 is 0 Å². The molecule has 0 N–H and O–H groups in total. The third kappa shape index (κ3) is 8.67. The molecule has 8 aromatic carbocycles. The van der Waals surface area contributed by atoms with Crippen LogP contribution in [0, 0.1) is 0 Å². The third-order valence-corrected chi connectivity index (χ3v) is 12.6. The van der Waals surface area contributed by atoms with Crippen molar-refractivity contribution >= 4 is 86.2 Å². The number of benzene rings is 6. The van der Waals surface area contributed by atoms with Crippen molar-refractivity contribution < 1.29 is 20.8 Å². The van der Waals surface area contributed by atoms with Gasteiger partial charge in [0, 0.05) is 0 Å². The van der Waals surface area contributed by atoms with Crippen LogP contribution < -0.4 is 31.8 Å². The van der Waals surface area contributed by atoms with Crippen molar-refractivity contribution in [2.75, 3.05) is 0 Å². The van der Waals surface area contributed by atoms with Crippen LogP contribution in [0.5, 0.6) is 0 Å². The van der Waals surface area contributed by atoms with Gasteiger partial charge in [0.25, 0.3) is 0 Å².